The zero-order valence-corrected chi connectivity index (χ0v) is 12.7. The number of carbonyl (C=O) groups is 1. The Hall–Kier alpha value is -2.69. The van der Waals surface area contributed by atoms with Crippen LogP contribution in [0.3, 0.4) is 0 Å². The molecule has 2 heterocycles. The van der Waals surface area contributed by atoms with E-state index in [4.69, 9.17) is 14.6 Å². The summed E-state index contributed by atoms with van der Waals surface area (Å²) in [6, 6.07) is 7.45. The molecule has 1 N–H and O–H groups in total. The van der Waals surface area contributed by atoms with Crippen molar-refractivity contribution >= 4 is 27.8 Å². The van der Waals surface area contributed by atoms with Gasteiger partial charge in [-0.15, -0.1) is 0 Å². The first kappa shape index (κ1) is 14.3. The number of pyridine rings is 1. The maximum absolute atomic E-state index is 12.2. The molecule has 112 valence electrons. The summed E-state index contributed by atoms with van der Waals surface area (Å²) in [6.07, 6.45) is 0. The molecule has 22 heavy (non-hydrogen) atoms. The summed E-state index contributed by atoms with van der Waals surface area (Å²) in [5, 5.41) is 9.52. The van der Waals surface area contributed by atoms with Crippen molar-refractivity contribution in [1.82, 2.24) is 4.98 Å². The third-order valence-electron chi connectivity index (χ3n) is 3.69. The standard InChI is InChI=1S/C17H16N2O3/c1-4-21-17(20)13-9(2)14-15(19-10(13)3)11-7-5-6-8-12(11)22-16(14)18/h5-8,18H,4H2,1-3H3. The van der Waals surface area contributed by atoms with Crippen molar-refractivity contribution < 1.29 is 13.9 Å². The fourth-order valence-electron chi connectivity index (χ4n) is 2.74. The maximum atomic E-state index is 12.2. The molecule has 0 radical (unpaired) electrons. The number of nitrogens with one attached hydrogen (secondary N) is 1. The molecule has 0 unspecified atom stereocenters. The van der Waals surface area contributed by atoms with Crippen LogP contribution in [0.2, 0.25) is 0 Å². The molecule has 0 aliphatic carbocycles. The van der Waals surface area contributed by atoms with Gasteiger partial charge in [-0.2, -0.15) is 0 Å². The largest absolute Gasteiger partial charge is 0.462 e. The van der Waals surface area contributed by atoms with Crippen molar-refractivity contribution in [3.63, 3.8) is 0 Å². The van der Waals surface area contributed by atoms with Crippen LogP contribution in [0.4, 0.5) is 0 Å². The number of carbonyl (C=O) groups excluding carboxylic acids is 1. The summed E-state index contributed by atoms with van der Waals surface area (Å²) in [5.74, 6) is -0.417. The van der Waals surface area contributed by atoms with Crippen LogP contribution in [0, 0.1) is 19.3 Å². The lowest BCUT2D eigenvalue weighted by Gasteiger charge is -2.12. The van der Waals surface area contributed by atoms with Gasteiger partial charge in [0.2, 0.25) is 5.55 Å². The van der Waals surface area contributed by atoms with E-state index in [9.17, 15) is 4.79 Å². The Labute approximate surface area is 127 Å². The van der Waals surface area contributed by atoms with Crippen molar-refractivity contribution in [2.45, 2.75) is 20.8 Å². The fourth-order valence-corrected chi connectivity index (χ4v) is 2.74. The molecule has 3 rings (SSSR count). The van der Waals surface area contributed by atoms with Crippen molar-refractivity contribution in [3.8, 4) is 0 Å². The first-order valence-electron chi connectivity index (χ1n) is 7.09. The third-order valence-corrected chi connectivity index (χ3v) is 3.69. The fraction of sp³-hybridized carbons (Fsp3) is 0.235. The van der Waals surface area contributed by atoms with E-state index in [1.807, 2.05) is 18.2 Å². The quantitative estimate of drug-likeness (QED) is 0.581. The summed E-state index contributed by atoms with van der Waals surface area (Å²) >= 11 is 0. The lowest BCUT2D eigenvalue weighted by Crippen LogP contribution is -2.14. The topological polar surface area (TPSA) is 76.2 Å². The molecule has 0 atom stereocenters. The number of aromatic nitrogens is 1. The molecule has 0 saturated heterocycles. The van der Waals surface area contributed by atoms with Crippen LogP contribution in [0.15, 0.2) is 28.7 Å². The second-order valence-corrected chi connectivity index (χ2v) is 5.07. The van der Waals surface area contributed by atoms with Gasteiger partial charge in [-0.1, -0.05) is 12.1 Å². The summed E-state index contributed by atoms with van der Waals surface area (Å²) in [6.45, 7) is 5.63. The molecule has 0 fully saturated rings. The summed E-state index contributed by atoms with van der Waals surface area (Å²) < 4.78 is 10.7. The van der Waals surface area contributed by atoms with Gasteiger partial charge in [-0.3, -0.25) is 10.4 Å². The van der Waals surface area contributed by atoms with E-state index in [0.717, 1.165) is 5.39 Å². The zero-order chi connectivity index (χ0) is 15.9. The first-order chi connectivity index (χ1) is 10.5. The van der Waals surface area contributed by atoms with Crippen molar-refractivity contribution in [2.75, 3.05) is 6.61 Å². The average Bonchev–Trinajstić information content (AvgIpc) is 2.47. The highest BCUT2D eigenvalue weighted by atomic mass is 16.5. The van der Waals surface area contributed by atoms with Gasteiger partial charge in [-0.05, 0) is 38.5 Å². The average molecular weight is 296 g/mol. The molecule has 5 nitrogen and oxygen atoms in total. The van der Waals surface area contributed by atoms with E-state index < -0.39 is 5.97 Å². The van der Waals surface area contributed by atoms with Crippen molar-refractivity contribution in [1.29, 1.82) is 5.41 Å². The van der Waals surface area contributed by atoms with Gasteiger partial charge in [0, 0.05) is 5.39 Å². The Morgan fingerprint density at radius 2 is 2.05 bits per heavy atom. The minimum Gasteiger partial charge on any atom is -0.462 e. The second kappa shape index (κ2) is 5.26. The number of nitrogens with zero attached hydrogens (tertiary/aromatic N) is 1. The number of hydrogen-bond donors (Lipinski definition) is 1. The predicted molar refractivity (Wildman–Crippen MR) is 82.8 cm³/mol. The van der Waals surface area contributed by atoms with Gasteiger partial charge in [-0.25, -0.2) is 4.79 Å². The van der Waals surface area contributed by atoms with Gasteiger partial charge in [0.15, 0.2) is 0 Å². The lowest BCUT2D eigenvalue weighted by molar-refractivity contribution is 0.0524. The van der Waals surface area contributed by atoms with Gasteiger partial charge >= 0.3 is 5.97 Å². The third kappa shape index (κ3) is 2.06. The molecule has 5 heteroatoms. The molecule has 0 aliphatic heterocycles. The smallest absolute Gasteiger partial charge is 0.340 e. The van der Waals surface area contributed by atoms with Crippen LogP contribution in [0.5, 0.6) is 0 Å². The number of esters is 1. The highest BCUT2D eigenvalue weighted by molar-refractivity contribution is 6.06. The number of para-hydroxylation sites is 1. The number of aryl methyl sites for hydroxylation is 2. The molecule has 0 bridgehead atoms. The Morgan fingerprint density at radius 3 is 2.77 bits per heavy atom. The number of benzene rings is 1. The van der Waals surface area contributed by atoms with Crippen molar-refractivity contribution in [2.24, 2.45) is 0 Å². The van der Waals surface area contributed by atoms with Crippen LogP contribution < -0.4 is 5.55 Å². The van der Waals surface area contributed by atoms with E-state index in [-0.39, 0.29) is 5.55 Å². The molecular formula is C17H16N2O3. The number of hydrogen-bond acceptors (Lipinski definition) is 5. The van der Waals surface area contributed by atoms with E-state index in [2.05, 4.69) is 4.98 Å². The molecule has 3 aromatic rings. The van der Waals surface area contributed by atoms with Gasteiger partial charge in [0.05, 0.1) is 28.8 Å². The van der Waals surface area contributed by atoms with Crippen LogP contribution in [-0.4, -0.2) is 17.6 Å². The molecule has 0 aliphatic rings. The van der Waals surface area contributed by atoms with Crippen LogP contribution in [-0.2, 0) is 4.74 Å². The molecule has 0 spiro atoms. The molecule has 1 aromatic carbocycles. The van der Waals surface area contributed by atoms with Crippen LogP contribution >= 0.6 is 0 Å². The molecule has 0 saturated carbocycles. The Morgan fingerprint density at radius 1 is 1.32 bits per heavy atom. The number of rotatable bonds is 2. The second-order valence-electron chi connectivity index (χ2n) is 5.07. The molecular weight excluding hydrogens is 280 g/mol. The summed E-state index contributed by atoms with van der Waals surface area (Å²) in [7, 11) is 0. The summed E-state index contributed by atoms with van der Waals surface area (Å²) in [4.78, 5) is 16.7. The van der Waals surface area contributed by atoms with Gasteiger partial charge < -0.3 is 9.15 Å². The lowest BCUT2D eigenvalue weighted by atomic mass is 10.0. The number of ether oxygens (including phenoxy) is 1. The monoisotopic (exact) mass is 296 g/mol. The van der Waals surface area contributed by atoms with E-state index in [1.54, 1.807) is 26.8 Å². The molecule has 2 aromatic heterocycles. The normalized spacial score (nSPS) is 11.0. The minimum absolute atomic E-state index is 0.00393. The Kier molecular flexibility index (Phi) is 3.41. The van der Waals surface area contributed by atoms with Crippen LogP contribution in [0.25, 0.3) is 21.9 Å². The maximum Gasteiger partial charge on any atom is 0.340 e. The first-order valence-corrected chi connectivity index (χ1v) is 7.09. The highest BCUT2D eigenvalue weighted by Crippen LogP contribution is 2.26. The minimum atomic E-state index is -0.417. The van der Waals surface area contributed by atoms with Gasteiger partial charge in [0.25, 0.3) is 0 Å². The SMILES string of the molecule is CCOC(=O)c1c(C)nc2c(c1C)c(=N)oc1ccccc12. The highest BCUT2D eigenvalue weighted by Gasteiger charge is 2.20. The predicted octanol–water partition coefficient (Wildman–Crippen LogP) is 3.25. The molecule has 0 amide bonds. The van der Waals surface area contributed by atoms with E-state index in [0.29, 0.717) is 39.9 Å². The number of fused-ring (bicyclic) bond motifs is 3. The van der Waals surface area contributed by atoms with E-state index >= 15 is 0 Å². The van der Waals surface area contributed by atoms with Crippen molar-refractivity contribution in [3.05, 3.63) is 46.6 Å². The van der Waals surface area contributed by atoms with Gasteiger partial charge in [0.1, 0.15) is 5.58 Å². The Bertz CT molecular complexity index is 957. The van der Waals surface area contributed by atoms with Crippen LogP contribution in [0.1, 0.15) is 28.5 Å². The zero-order valence-electron chi connectivity index (χ0n) is 12.7. The van der Waals surface area contributed by atoms with E-state index in [1.165, 1.54) is 0 Å². The Balaban J connectivity index is 2.46. The summed E-state index contributed by atoms with van der Waals surface area (Å²) in [5.41, 5.74) is 2.96.